The number of piperidine rings is 1. The van der Waals surface area contributed by atoms with Gasteiger partial charge in [0.15, 0.2) is 0 Å². The van der Waals surface area contributed by atoms with E-state index < -0.39 is 0 Å². The van der Waals surface area contributed by atoms with E-state index in [9.17, 15) is 14.4 Å². The van der Waals surface area contributed by atoms with Crippen molar-refractivity contribution in [3.05, 3.63) is 62.8 Å². The van der Waals surface area contributed by atoms with Crippen LogP contribution in [0.15, 0.2) is 46.0 Å². The van der Waals surface area contributed by atoms with Gasteiger partial charge in [0.05, 0.1) is 5.92 Å². The number of hydrogen-bond donors (Lipinski definition) is 1. The molecule has 0 bridgehead atoms. The monoisotopic (exact) mass is 356 g/mol. The normalized spacial score (nSPS) is 17.2. The average Bonchev–Trinajstić information content (AvgIpc) is 2.68. The number of aromatic nitrogens is 2. The average molecular weight is 356 g/mol. The molecule has 1 N–H and O–H groups in total. The summed E-state index contributed by atoms with van der Waals surface area (Å²) in [4.78, 5) is 38.6. The summed E-state index contributed by atoms with van der Waals surface area (Å²) in [5.74, 6) is 0.415. The smallest absolute Gasteiger partial charge is 0.332 e. The van der Waals surface area contributed by atoms with Crippen molar-refractivity contribution in [2.75, 3.05) is 18.0 Å². The van der Waals surface area contributed by atoms with Gasteiger partial charge < -0.3 is 10.2 Å². The van der Waals surface area contributed by atoms with Gasteiger partial charge in [0, 0.05) is 39.8 Å². The molecule has 2 aromatic rings. The van der Waals surface area contributed by atoms with Crippen molar-refractivity contribution < 1.29 is 4.79 Å². The lowest BCUT2D eigenvalue weighted by Crippen LogP contribution is -2.46. The maximum absolute atomic E-state index is 12.5. The molecule has 26 heavy (non-hydrogen) atoms. The number of nitrogens with one attached hydrogen (secondary N) is 1. The fourth-order valence-electron chi connectivity index (χ4n) is 3.35. The number of amides is 1. The summed E-state index contributed by atoms with van der Waals surface area (Å²) in [7, 11) is 3.11. The first kappa shape index (κ1) is 18.0. The molecule has 1 fully saturated rings. The molecule has 0 unspecified atom stereocenters. The van der Waals surface area contributed by atoms with Crippen LogP contribution in [0.5, 0.6) is 0 Å². The lowest BCUT2D eigenvalue weighted by Gasteiger charge is -2.34. The van der Waals surface area contributed by atoms with Gasteiger partial charge in [-0.25, -0.2) is 4.79 Å². The van der Waals surface area contributed by atoms with Crippen molar-refractivity contribution in [1.29, 1.82) is 0 Å². The Hall–Kier alpha value is -2.83. The first-order valence-corrected chi connectivity index (χ1v) is 8.81. The van der Waals surface area contributed by atoms with Crippen LogP contribution in [0.1, 0.15) is 18.4 Å². The van der Waals surface area contributed by atoms with Crippen molar-refractivity contribution >= 4 is 11.7 Å². The molecular weight excluding hydrogens is 332 g/mol. The molecule has 1 aliphatic heterocycles. The number of nitrogens with zero attached hydrogens (tertiary/aromatic N) is 3. The van der Waals surface area contributed by atoms with E-state index in [1.54, 1.807) is 7.05 Å². The molecule has 1 aromatic heterocycles. The topological polar surface area (TPSA) is 76.3 Å². The van der Waals surface area contributed by atoms with Gasteiger partial charge in [0.2, 0.25) is 5.91 Å². The second kappa shape index (κ2) is 7.59. The molecule has 138 valence electrons. The lowest BCUT2D eigenvalue weighted by atomic mass is 9.97. The van der Waals surface area contributed by atoms with Crippen LogP contribution < -0.4 is 21.5 Å². The standard InChI is InChI=1S/C19H24N4O3/c1-21-16(11-17(24)22(2)19(21)26)23-10-6-9-15(13-23)18(25)20-12-14-7-4-3-5-8-14/h3-5,7-8,11,15H,6,9-10,12-13H2,1-2H3,(H,20,25)/t15-/m1/s1. The minimum absolute atomic E-state index is 0.00684. The molecule has 0 radical (unpaired) electrons. The second-order valence-electron chi connectivity index (χ2n) is 6.73. The molecule has 0 aliphatic carbocycles. The number of carbonyl (C=O) groups is 1. The summed E-state index contributed by atoms with van der Waals surface area (Å²) < 4.78 is 2.54. The highest BCUT2D eigenvalue weighted by Crippen LogP contribution is 2.21. The third-order valence-corrected chi connectivity index (χ3v) is 4.93. The maximum atomic E-state index is 12.5. The largest absolute Gasteiger partial charge is 0.357 e. The number of anilines is 1. The molecule has 1 atom stereocenters. The third kappa shape index (κ3) is 3.71. The van der Waals surface area contributed by atoms with E-state index in [0.29, 0.717) is 18.9 Å². The fourth-order valence-corrected chi connectivity index (χ4v) is 3.35. The van der Waals surface area contributed by atoms with Crippen molar-refractivity contribution in [1.82, 2.24) is 14.5 Å². The van der Waals surface area contributed by atoms with E-state index in [-0.39, 0.29) is 23.1 Å². The highest BCUT2D eigenvalue weighted by molar-refractivity contribution is 5.79. The highest BCUT2D eigenvalue weighted by atomic mass is 16.2. The zero-order chi connectivity index (χ0) is 18.7. The summed E-state index contributed by atoms with van der Waals surface area (Å²) in [5.41, 5.74) is 0.365. The SMILES string of the molecule is Cn1c(N2CCC[C@@H](C(=O)NCc3ccccc3)C2)cc(=O)n(C)c1=O. The number of rotatable bonds is 4. The predicted molar refractivity (Wildman–Crippen MR) is 100 cm³/mol. The van der Waals surface area contributed by atoms with Crippen LogP contribution in [0.2, 0.25) is 0 Å². The van der Waals surface area contributed by atoms with Gasteiger partial charge in [-0.15, -0.1) is 0 Å². The summed E-state index contributed by atoms with van der Waals surface area (Å²) in [6.07, 6.45) is 1.64. The van der Waals surface area contributed by atoms with Crippen molar-refractivity contribution in [2.24, 2.45) is 20.0 Å². The molecule has 7 heteroatoms. The highest BCUT2D eigenvalue weighted by Gasteiger charge is 2.27. The molecule has 1 amide bonds. The summed E-state index contributed by atoms with van der Waals surface area (Å²) in [6, 6.07) is 11.2. The Bertz CT molecular complexity index is 901. The second-order valence-corrected chi connectivity index (χ2v) is 6.73. The third-order valence-electron chi connectivity index (χ3n) is 4.93. The van der Waals surface area contributed by atoms with Crippen LogP contribution in [0, 0.1) is 5.92 Å². The molecule has 1 saturated heterocycles. The molecule has 1 aromatic carbocycles. The van der Waals surface area contributed by atoms with Gasteiger partial charge in [-0.05, 0) is 18.4 Å². The predicted octanol–water partition coefficient (Wildman–Crippen LogP) is 0.617. The molecule has 0 saturated carbocycles. The number of hydrogen-bond acceptors (Lipinski definition) is 4. The summed E-state index contributed by atoms with van der Waals surface area (Å²) in [6.45, 7) is 1.73. The van der Waals surface area contributed by atoms with Crippen LogP contribution >= 0.6 is 0 Å². The fraction of sp³-hybridized carbons (Fsp3) is 0.421. The van der Waals surface area contributed by atoms with Gasteiger partial charge in [-0.3, -0.25) is 18.7 Å². The zero-order valence-corrected chi connectivity index (χ0v) is 15.1. The van der Waals surface area contributed by atoms with Crippen molar-refractivity contribution in [3.8, 4) is 0 Å². The van der Waals surface area contributed by atoms with Crippen LogP contribution in [0.25, 0.3) is 0 Å². The van der Waals surface area contributed by atoms with E-state index in [1.165, 1.54) is 17.7 Å². The maximum Gasteiger partial charge on any atom is 0.332 e. The zero-order valence-electron chi connectivity index (χ0n) is 15.1. The first-order valence-electron chi connectivity index (χ1n) is 8.81. The van der Waals surface area contributed by atoms with Gasteiger partial charge in [-0.2, -0.15) is 0 Å². The Morgan fingerprint density at radius 3 is 2.62 bits per heavy atom. The van der Waals surface area contributed by atoms with Gasteiger partial charge >= 0.3 is 5.69 Å². The van der Waals surface area contributed by atoms with Crippen molar-refractivity contribution in [3.63, 3.8) is 0 Å². The van der Waals surface area contributed by atoms with Gasteiger partial charge in [-0.1, -0.05) is 30.3 Å². The number of carbonyl (C=O) groups excluding carboxylic acids is 1. The van der Waals surface area contributed by atoms with Crippen LogP contribution in [0.4, 0.5) is 5.82 Å². The Labute approximate surface area is 151 Å². The van der Waals surface area contributed by atoms with E-state index in [0.717, 1.165) is 29.5 Å². The van der Waals surface area contributed by atoms with E-state index >= 15 is 0 Å². The molecule has 7 nitrogen and oxygen atoms in total. The van der Waals surface area contributed by atoms with Gasteiger partial charge in [0.1, 0.15) is 5.82 Å². The molecular formula is C19H24N4O3. The lowest BCUT2D eigenvalue weighted by molar-refractivity contribution is -0.125. The molecule has 2 heterocycles. The Morgan fingerprint density at radius 2 is 1.88 bits per heavy atom. The van der Waals surface area contributed by atoms with E-state index in [4.69, 9.17) is 0 Å². The Morgan fingerprint density at radius 1 is 1.15 bits per heavy atom. The van der Waals surface area contributed by atoms with E-state index in [1.807, 2.05) is 35.2 Å². The van der Waals surface area contributed by atoms with Gasteiger partial charge in [0.25, 0.3) is 5.56 Å². The molecule has 1 aliphatic rings. The van der Waals surface area contributed by atoms with E-state index in [2.05, 4.69) is 5.32 Å². The first-order chi connectivity index (χ1) is 12.5. The molecule has 3 rings (SSSR count). The molecule has 0 spiro atoms. The quantitative estimate of drug-likeness (QED) is 0.871. The minimum Gasteiger partial charge on any atom is -0.357 e. The minimum atomic E-state index is -0.358. The Kier molecular flexibility index (Phi) is 5.25. The van der Waals surface area contributed by atoms with Crippen LogP contribution in [-0.4, -0.2) is 28.1 Å². The summed E-state index contributed by atoms with van der Waals surface area (Å²) in [5, 5.41) is 2.99. The Balaban J connectivity index is 1.70. The van der Waals surface area contributed by atoms with Crippen molar-refractivity contribution in [2.45, 2.75) is 19.4 Å². The van der Waals surface area contributed by atoms with Crippen LogP contribution in [0.3, 0.4) is 0 Å². The van der Waals surface area contributed by atoms with Crippen LogP contribution in [-0.2, 0) is 25.4 Å². The number of benzene rings is 1. The summed E-state index contributed by atoms with van der Waals surface area (Å²) >= 11 is 0.